The Balaban J connectivity index is 3.59. The summed E-state index contributed by atoms with van der Waals surface area (Å²) in [4.78, 5) is 10.8. The predicted octanol–water partition coefficient (Wildman–Crippen LogP) is 4.13. The molecule has 0 aliphatic carbocycles. The second kappa shape index (κ2) is 7.82. The minimum absolute atomic E-state index is 0.0149. The highest BCUT2D eigenvalue weighted by molar-refractivity contribution is 14.4. The Hall–Kier alpha value is 1.62. The zero-order valence-electron chi connectivity index (χ0n) is 7.93. The maximum absolute atomic E-state index is 10.8. The number of halogens is 3. The lowest BCUT2D eigenvalue weighted by Gasteiger charge is -2.13. The fourth-order valence-electron chi connectivity index (χ4n) is 0.895. The summed E-state index contributed by atoms with van der Waals surface area (Å²) in [5, 5.41) is 0. The Labute approximate surface area is 124 Å². The number of carbonyl (C=O) groups excluding carboxylic acids is 1. The second-order valence-electron chi connectivity index (χ2n) is 2.96. The first kappa shape index (κ1) is 15.6. The van der Waals surface area contributed by atoms with Crippen molar-refractivity contribution in [3.8, 4) is 0 Å². The van der Waals surface area contributed by atoms with Gasteiger partial charge in [-0.25, -0.2) is 4.79 Å². The zero-order valence-corrected chi connectivity index (χ0v) is 15.4. The van der Waals surface area contributed by atoms with Crippen LogP contribution in [-0.2, 0) is 9.53 Å². The van der Waals surface area contributed by atoms with Gasteiger partial charge in [0.1, 0.15) is 0 Å². The van der Waals surface area contributed by atoms with E-state index in [-0.39, 0.29) is 12.1 Å². The molecule has 0 aromatic heterocycles. The lowest BCUT2D eigenvalue weighted by Crippen LogP contribution is -2.14. The molecule has 0 fully saturated rings. The fraction of sp³-hybridized carbons (Fsp3) is 0.625. The quantitative estimate of drug-likeness (QED) is 0.164. The molecule has 0 N–H and O–H groups in total. The monoisotopic (exact) mass is 550 g/mol. The van der Waals surface area contributed by atoms with Crippen LogP contribution in [0.5, 0.6) is 0 Å². The highest BCUT2D eigenvalue weighted by Gasteiger charge is 2.21. The maximum atomic E-state index is 10.8. The average Bonchev–Trinajstić information content (AvgIpc) is 2.01. The Bertz CT molecular complexity index is 203. The van der Waals surface area contributed by atoms with Crippen LogP contribution in [0.15, 0.2) is 12.7 Å². The molecule has 0 amide bonds. The van der Waals surface area contributed by atoms with Crippen molar-refractivity contribution < 1.29 is 9.53 Å². The van der Waals surface area contributed by atoms with Gasteiger partial charge in [-0.15, -0.1) is 0 Å². The molecule has 0 aliphatic rings. The van der Waals surface area contributed by atoms with Gasteiger partial charge in [-0.05, 0) is 19.4 Å². The third kappa shape index (κ3) is 10.1. The lowest BCUT2D eigenvalue weighted by atomic mass is 10.2. The van der Waals surface area contributed by atoms with Gasteiger partial charge in [0.25, 0.3) is 0.564 Å². The molecular formula is C8H13I3O2Si. The van der Waals surface area contributed by atoms with Gasteiger partial charge in [0.15, 0.2) is 0 Å². The van der Waals surface area contributed by atoms with Crippen LogP contribution >= 0.6 is 65.4 Å². The van der Waals surface area contributed by atoms with Crippen molar-refractivity contribution in [1.82, 2.24) is 0 Å². The topological polar surface area (TPSA) is 26.3 Å². The molecule has 1 atom stereocenters. The summed E-state index contributed by atoms with van der Waals surface area (Å²) in [7, 11) is 0. The number of esters is 1. The lowest BCUT2D eigenvalue weighted by molar-refractivity contribution is -0.142. The number of hydrogen-bond acceptors (Lipinski definition) is 2. The summed E-state index contributed by atoms with van der Waals surface area (Å²) in [6.07, 6.45) is 3.31. The van der Waals surface area contributed by atoms with Crippen LogP contribution in [0.4, 0.5) is 0 Å². The predicted molar refractivity (Wildman–Crippen MR) is 87.6 cm³/mol. The molecule has 0 saturated carbocycles. The molecule has 14 heavy (non-hydrogen) atoms. The standard InChI is InChI=1S/C8H13I3O2Si/c1-3-8(12)13-7(2)5-4-6-14(9,10)11/h3,7H,1,4-6H2,2H3. The van der Waals surface area contributed by atoms with Crippen molar-refractivity contribution in [2.75, 3.05) is 0 Å². The number of ether oxygens (including phenoxy) is 1. The summed E-state index contributed by atoms with van der Waals surface area (Å²) in [6.45, 7) is 5.29. The van der Waals surface area contributed by atoms with E-state index in [1.165, 1.54) is 12.1 Å². The van der Waals surface area contributed by atoms with Gasteiger partial charge < -0.3 is 4.74 Å². The Morgan fingerprint density at radius 3 is 2.57 bits per heavy atom. The smallest absolute Gasteiger partial charge is 0.330 e. The molecule has 0 radical (unpaired) electrons. The molecule has 0 aromatic carbocycles. The number of hydrogen-bond donors (Lipinski definition) is 0. The minimum atomic E-state index is -1.02. The molecule has 2 nitrogen and oxygen atoms in total. The minimum Gasteiger partial charge on any atom is -0.460 e. The van der Waals surface area contributed by atoms with E-state index in [2.05, 4.69) is 72.0 Å². The summed E-state index contributed by atoms with van der Waals surface area (Å²) in [5.74, 6) is -0.320. The average molecular weight is 550 g/mol. The number of rotatable bonds is 6. The van der Waals surface area contributed by atoms with Gasteiger partial charge in [0, 0.05) is 6.08 Å². The van der Waals surface area contributed by atoms with Crippen LogP contribution in [0.25, 0.3) is 0 Å². The highest BCUT2D eigenvalue weighted by Crippen LogP contribution is 2.35. The normalized spacial score (nSPS) is 13.4. The SMILES string of the molecule is C=CC(=O)OC(C)CCC[Si](I)(I)I. The Morgan fingerprint density at radius 2 is 2.14 bits per heavy atom. The van der Waals surface area contributed by atoms with Crippen molar-refractivity contribution >= 4 is 71.9 Å². The molecule has 0 saturated heterocycles. The third-order valence-electron chi connectivity index (χ3n) is 1.55. The van der Waals surface area contributed by atoms with Gasteiger partial charge in [-0.3, -0.25) is 0 Å². The van der Waals surface area contributed by atoms with Crippen molar-refractivity contribution in [2.45, 2.75) is 31.9 Å². The molecule has 6 heteroatoms. The molecule has 0 bridgehead atoms. The zero-order chi connectivity index (χ0) is 11.2. The third-order valence-corrected chi connectivity index (χ3v) is 7.33. The van der Waals surface area contributed by atoms with Gasteiger partial charge in [0.05, 0.1) is 6.10 Å². The van der Waals surface area contributed by atoms with Gasteiger partial charge >= 0.3 is 5.97 Å². The van der Waals surface area contributed by atoms with Crippen molar-refractivity contribution in [3.63, 3.8) is 0 Å². The van der Waals surface area contributed by atoms with Crippen LogP contribution < -0.4 is 0 Å². The van der Waals surface area contributed by atoms with E-state index in [4.69, 9.17) is 4.74 Å². The first-order chi connectivity index (χ1) is 6.35. The van der Waals surface area contributed by atoms with Crippen LogP contribution in [0.2, 0.25) is 6.04 Å². The first-order valence-electron chi connectivity index (χ1n) is 4.25. The summed E-state index contributed by atoms with van der Waals surface area (Å²) < 4.78 is 4.04. The van der Waals surface area contributed by atoms with Crippen molar-refractivity contribution in [3.05, 3.63) is 12.7 Å². The highest BCUT2D eigenvalue weighted by atomic mass is 127. The van der Waals surface area contributed by atoms with Gasteiger partial charge in [-0.2, -0.15) is 0 Å². The van der Waals surface area contributed by atoms with Crippen LogP contribution in [0.1, 0.15) is 19.8 Å². The maximum Gasteiger partial charge on any atom is 0.330 e. The van der Waals surface area contributed by atoms with E-state index in [1.807, 2.05) is 6.92 Å². The van der Waals surface area contributed by atoms with Gasteiger partial charge in [-0.1, -0.05) is 78.4 Å². The number of carbonyl (C=O) groups is 1. The van der Waals surface area contributed by atoms with E-state index in [0.717, 1.165) is 12.8 Å². The van der Waals surface area contributed by atoms with E-state index in [9.17, 15) is 4.79 Å². The molecule has 0 aromatic rings. The molecule has 0 rings (SSSR count). The molecule has 82 valence electrons. The van der Waals surface area contributed by atoms with Crippen LogP contribution in [0, 0.1) is 0 Å². The molecule has 1 unspecified atom stereocenters. The van der Waals surface area contributed by atoms with E-state index < -0.39 is 0.564 Å². The fourth-order valence-corrected chi connectivity index (χ4v) is 4.93. The van der Waals surface area contributed by atoms with Crippen LogP contribution in [0.3, 0.4) is 0 Å². The Morgan fingerprint density at radius 1 is 1.57 bits per heavy atom. The summed E-state index contributed by atoms with van der Waals surface area (Å²) >= 11 is 7.63. The van der Waals surface area contributed by atoms with Crippen molar-refractivity contribution in [2.24, 2.45) is 0 Å². The summed E-state index contributed by atoms with van der Waals surface area (Å²) in [5.41, 5.74) is 0. The van der Waals surface area contributed by atoms with Gasteiger partial charge in [0.2, 0.25) is 0 Å². The molecular weight excluding hydrogens is 537 g/mol. The first-order valence-corrected chi connectivity index (χ1v) is 15.8. The van der Waals surface area contributed by atoms with Crippen LogP contribution in [-0.4, -0.2) is 12.6 Å². The second-order valence-corrected chi connectivity index (χ2v) is 39.8. The van der Waals surface area contributed by atoms with Crippen molar-refractivity contribution in [1.29, 1.82) is 0 Å². The largest absolute Gasteiger partial charge is 0.460 e. The molecule has 0 spiro atoms. The van der Waals surface area contributed by atoms with E-state index in [0.29, 0.717) is 0 Å². The van der Waals surface area contributed by atoms with E-state index >= 15 is 0 Å². The molecule has 0 aliphatic heterocycles. The molecule has 0 heterocycles. The van der Waals surface area contributed by atoms with E-state index in [1.54, 1.807) is 0 Å². The Kier molecular flexibility index (Phi) is 8.72. The summed E-state index contributed by atoms with van der Waals surface area (Å²) in [6, 6.07) is 1.25.